The van der Waals surface area contributed by atoms with Crippen LogP contribution in [0.25, 0.3) is 0 Å². The molecule has 1 amide bonds. The van der Waals surface area contributed by atoms with Crippen LogP contribution in [0.3, 0.4) is 0 Å². The van der Waals surface area contributed by atoms with E-state index in [1.54, 1.807) is 24.3 Å². The Kier molecular flexibility index (Phi) is 4.66. The van der Waals surface area contributed by atoms with Crippen LogP contribution in [0.4, 0.5) is 5.69 Å². The number of benzene rings is 1. The fraction of sp³-hybridized carbons (Fsp3) is 0.0714. The Morgan fingerprint density at radius 1 is 1.35 bits per heavy atom. The Labute approximate surface area is 121 Å². The van der Waals surface area contributed by atoms with Crippen molar-refractivity contribution in [3.05, 3.63) is 52.8 Å². The lowest BCUT2D eigenvalue weighted by Crippen LogP contribution is -2.12. The average Bonchev–Trinajstić information content (AvgIpc) is 2.49. The maximum atomic E-state index is 12.0. The number of nitrogens with zero attached hydrogens (tertiary/aromatic N) is 2. The van der Waals surface area contributed by atoms with Crippen molar-refractivity contribution < 1.29 is 4.79 Å². The lowest BCUT2D eigenvalue weighted by Gasteiger charge is -2.07. The molecular weight excluding hydrogens is 276 g/mol. The molecule has 1 heterocycles. The highest BCUT2D eigenvalue weighted by atomic mass is 35.5. The van der Waals surface area contributed by atoms with Crippen LogP contribution >= 0.6 is 11.6 Å². The van der Waals surface area contributed by atoms with Gasteiger partial charge in [0.1, 0.15) is 0 Å². The Morgan fingerprint density at radius 3 is 2.90 bits per heavy atom. The van der Waals surface area contributed by atoms with Crippen LogP contribution in [0.5, 0.6) is 0 Å². The van der Waals surface area contributed by atoms with Crippen molar-refractivity contribution in [3.8, 4) is 11.8 Å². The summed E-state index contributed by atoms with van der Waals surface area (Å²) in [6.07, 6.45) is 2.82. The van der Waals surface area contributed by atoms with E-state index >= 15 is 0 Å². The first-order chi connectivity index (χ1) is 9.70. The molecule has 0 fully saturated rings. The minimum atomic E-state index is -0.314. The van der Waals surface area contributed by atoms with Gasteiger partial charge < -0.3 is 11.1 Å². The molecule has 100 valence electrons. The maximum absolute atomic E-state index is 12.0. The van der Waals surface area contributed by atoms with Crippen molar-refractivity contribution in [1.29, 1.82) is 0 Å². The summed E-state index contributed by atoms with van der Waals surface area (Å²) >= 11 is 6.05. The Balaban J connectivity index is 2.22. The predicted molar refractivity (Wildman–Crippen MR) is 77.4 cm³/mol. The van der Waals surface area contributed by atoms with E-state index in [0.29, 0.717) is 16.3 Å². The van der Waals surface area contributed by atoms with Crippen molar-refractivity contribution in [2.75, 3.05) is 11.9 Å². The second kappa shape index (κ2) is 6.66. The molecule has 5 nitrogen and oxygen atoms in total. The first-order valence-electron chi connectivity index (χ1n) is 5.77. The van der Waals surface area contributed by atoms with Crippen LogP contribution in [-0.4, -0.2) is 22.6 Å². The molecule has 0 spiro atoms. The van der Waals surface area contributed by atoms with E-state index in [4.69, 9.17) is 17.3 Å². The van der Waals surface area contributed by atoms with Gasteiger partial charge in [0.05, 0.1) is 35.2 Å². The number of aromatic nitrogens is 2. The van der Waals surface area contributed by atoms with Gasteiger partial charge in [0.2, 0.25) is 0 Å². The summed E-state index contributed by atoms with van der Waals surface area (Å²) in [6.45, 7) is 0.271. The monoisotopic (exact) mass is 286 g/mol. The molecule has 6 heteroatoms. The Morgan fingerprint density at radius 2 is 2.20 bits per heavy atom. The normalized spacial score (nSPS) is 9.50. The molecule has 2 rings (SSSR count). The molecule has 3 N–H and O–H groups in total. The Hall–Kier alpha value is -2.42. The molecule has 1 aromatic heterocycles. The lowest BCUT2D eigenvalue weighted by atomic mass is 10.2. The van der Waals surface area contributed by atoms with Crippen LogP contribution in [-0.2, 0) is 0 Å². The highest BCUT2D eigenvalue weighted by Crippen LogP contribution is 2.23. The van der Waals surface area contributed by atoms with Gasteiger partial charge in [-0.3, -0.25) is 4.79 Å². The minimum Gasteiger partial charge on any atom is -0.321 e. The third kappa shape index (κ3) is 3.54. The van der Waals surface area contributed by atoms with Crippen molar-refractivity contribution in [1.82, 2.24) is 10.2 Å². The predicted octanol–water partition coefficient (Wildman–Crippen LogP) is 1.69. The summed E-state index contributed by atoms with van der Waals surface area (Å²) in [6, 6.07) is 6.68. The molecule has 0 bridgehead atoms. The van der Waals surface area contributed by atoms with E-state index in [1.807, 2.05) is 0 Å². The molecule has 0 radical (unpaired) electrons. The number of carbonyl (C=O) groups excluding carboxylic acids is 1. The van der Waals surface area contributed by atoms with Gasteiger partial charge >= 0.3 is 0 Å². The van der Waals surface area contributed by atoms with Gasteiger partial charge in [-0.25, -0.2) is 0 Å². The van der Waals surface area contributed by atoms with E-state index in [0.717, 1.165) is 5.56 Å². The quantitative estimate of drug-likeness (QED) is 0.823. The summed E-state index contributed by atoms with van der Waals surface area (Å²) in [5, 5.41) is 10.4. The van der Waals surface area contributed by atoms with E-state index in [9.17, 15) is 4.79 Å². The number of halogens is 1. The summed E-state index contributed by atoms with van der Waals surface area (Å²) in [7, 11) is 0. The topological polar surface area (TPSA) is 80.9 Å². The van der Waals surface area contributed by atoms with E-state index in [1.165, 1.54) is 12.4 Å². The van der Waals surface area contributed by atoms with Crippen LogP contribution in [0, 0.1) is 11.8 Å². The summed E-state index contributed by atoms with van der Waals surface area (Å²) in [5.74, 6) is 5.30. The molecule has 0 atom stereocenters. The highest BCUT2D eigenvalue weighted by molar-refractivity contribution is 6.34. The summed E-state index contributed by atoms with van der Waals surface area (Å²) < 4.78 is 0. The van der Waals surface area contributed by atoms with Crippen LogP contribution in [0.1, 0.15) is 15.9 Å². The number of amides is 1. The fourth-order valence-corrected chi connectivity index (χ4v) is 1.64. The first-order valence-corrected chi connectivity index (χ1v) is 6.15. The molecular formula is C14H11ClN4O. The minimum absolute atomic E-state index is 0.271. The number of nitrogens with one attached hydrogen (secondary N) is 1. The van der Waals surface area contributed by atoms with E-state index in [-0.39, 0.29) is 12.5 Å². The number of hydrogen-bond acceptors (Lipinski definition) is 4. The zero-order chi connectivity index (χ0) is 14.4. The standard InChI is InChI=1S/C14H11ClN4O/c15-12-4-3-10(2-1-6-16)8-13(12)19-14(20)11-5-7-17-18-9-11/h3-5,7-9H,6,16H2,(H,19,20). The largest absolute Gasteiger partial charge is 0.321 e. The van der Waals surface area contributed by atoms with Gasteiger partial charge in [0.15, 0.2) is 0 Å². The number of hydrogen-bond donors (Lipinski definition) is 2. The van der Waals surface area contributed by atoms with Crippen LogP contribution in [0.15, 0.2) is 36.7 Å². The van der Waals surface area contributed by atoms with Gasteiger partial charge in [-0.15, -0.1) is 0 Å². The van der Waals surface area contributed by atoms with Gasteiger partial charge in [-0.2, -0.15) is 10.2 Å². The average molecular weight is 287 g/mol. The number of anilines is 1. The second-order valence-corrected chi connectivity index (χ2v) is 4.19. The molecule has 0 unspecified atom stereocenters. The molecule has 2 aromatic rings. The molecule has 0 aliphatic carbocycles. The van der Waals surface area contributed by atoms with Crippen LogP contribution in [0.2, 0.25) is 5.02 Å². The van der Waals surface area contributed by atoms with Crippen molar-refractivity contribution >= 4 is 23.2 Å². The highest BCUT2D eigenvalue weighted by Gasteiger charge is 2.09. The van der Waals surface area contributed by atoms with E-state index in [2.05, 4.69) is 27.4 Å². The van der Waals surface area contributed by atoms with Gasteiger partial charge in [-0.1, -0.05) is 23.4 Å². The molecule has 0 aliphatic rings. The second-order valence-electron chi connectivity index (χ2n) is 3.79. The van der Waals surface area contributed by atoms with Crippen LogP contribution < -0.4 is 11.1 Å². The lowest BCUT2D eigenvalue weighted by molar-refractivity contribution is 0.102. The molecule has 20 heavy (non-hydrogen) atoms. The fourth-order valence-electron chi connectivity index (χ4n) is 1.47. The third-order valence-corrected chi connectivity index (χ3v) is 2.73. The van der Waals surface area contributed by atoms with Crippen molar-refractivity contribution in [2.45, 2.75) is 0 Å². The third-order valence-electron chi connectivity index (χ3n) is 2.40. The number of nitrogens with two attached hydrogens (primary N) is 1. The number of carbonyl (C=O) groups is 1. The van der Waals surface area contributed by atoms with Gasteiger partial charge in [0.25, 0.3) is 5.91 Å². The smallest absolute Gasteiger partial charge is 0.257 e. The molecule has 1 aromatic carbocycles. The zero-order valence-electron chi connectivity index (χ0n) is 10.4. The summed E-state index contributed by atoms with van der Waals surface area (Å²) in [4.78, 5) is 12.0. The molecule has 0 saturated carbocycles. The SMILES string of the molecule is NCC#Cc1ccc(Cl)c(NC(=O)c2ccnnc2)c1. The van der Waals surface area contributed by atoms with Crippen molar-refractivity contribution in [2.24, 2.45) is 5.73 Å². The number of rotatable bonds is 2. The van der Waals surface area contributed by atoms with E-state index < -0.39 is 0 Å². The first kappa shape index (κ1) is 14.0. The van der Waals surface area contributed by atoms with Gasteiger partial charge in [0, 0.05) is 5.56 Å². The van der Waals surface area contributed by atoms with Crippen molar-refractivity contribution in [3.63, 3.8) is 0 Å². The Bertz CT molecular complexity index is 677. The molecule has 0 aliphatic heterocycles. The maximum Gasteiger partial charge on any atom is 0.257 e. The molecule has 0 saturated heterocycles. The van der Waals surface area contributed by atoms with Gasteiger partial charge in [-0.05, 0) is 24.3 Å². The zero-order valence-corrected chi connectivity index (χ0v) is 11.2. The summed E-state index contributed by atoms with van der Waals surface area (Å²) in [5.41, 5.74) is 6.93.